The second kappa shape index (κ2) is 6.10. The molecule has 1 aliphatic heterocycles. The molecule has 1 aliphatic rings. The van der Waals surface area contributed by atoms with Gasteiger partial charge in [-0.25, -0.2) is 4.98 Å². The van der Waals surface area contributed by atoms with Gasteiger partial charge in [0.05, 0.1) is 22.2 Å². The van der Waals surface area contributed by atoms with Crippen LogP contribution in [0.2, 0.25) is 0 Å². The minimum Gasteiger partial charge on any atom is -0.485 e. The lowest BCUT2D eigenvalue weighted by molar-refractivity contribution is -0.385. The van der Waals surface area contributed by atoms with Crippen molar-refractivity contribution in [1.29, 1.82) is 0 Å². The molecule has 0 spiro atoms. The van der Waals surface area contributed by atoms with Crippen LogP contribution in [0.25, 0.3) is 10.9 Å². The van der Waals surface area contributed by atoms with Crippen LogP contribution in [0.3, 0.4) is 0 Å². The minimum atomic E-state index is -0.545. The summed E-state index contributed by atoms with van der Waals surface area (Å²) in [5.74, 6) is 0.148. The lowest BCUT2D eigenvalue weighted by Gasteiger charge is -2.15. The Labute approximate surface area is 125 Å². The summed E-state index contributed by atoms with van der Waals surface area (Å²) in [6.45, 7) is 3.19. The summed E-state index contributed by atoms with van der Waals surface area (Å²) in [5.41, 5.74) is -0.241. The number of H-pyrrole nitrogens is 1. The van der Waals surface area contributed by atoms with Gasteiger partial charge in [-0.2, -0.15) is 0 Å². The van der Waals surface area contributed by atoms with Gasteiger partial charge >= 0.3 is 5.69 Å². The van der Waals surface area contributed by atoms with Gasteiger partial charge in [0, 0.05) is 18.7 Å². The van der Waals surface area contributed by atoms with Crippen molar-refractivity contribution in [1.82, 2.24) is 14.9 Å². The molecular weight excluding hydrogens is 288 g/mol. The summed E-state index contributed by atoms with van der Waals surface area (Å²) in [6.07, 6.45) is 3.64. The van der Waals surface area contributed by atoms with E-state index >= 15 is 0 Å². The average Bonchev–Trinajstić information content (AvgIpc) is 3.00. The Morgan fingerprint density at radius 1 is 1.36 bits per heavy atom. The smallest absolute Gasteiger partial charge is 0.311 e. The summed E-state index contributed by atoms with van der Waals surface area (Å²) in [6, 6.07) is 2.67. The third-order valence-corrected chi connectivity index (χ3v) is 3.78. The number of aromatic nitrogens is 2. The van der Waals surface area contributed by atoms with Crippen molar-refractivity contribution in [2.75, 3.05) is 26.2 Å². The number of benzene rings is 1. The Morgan fingerprint density at radius 3 is 2.86 bits per heavy atom. The fraction of sp³-hybridized carbons (Fsp3) is 0.429. The molecule has 0 amide bonds. The quantitative estimate of drug-likeness (QED) is 0.660. The maximum Gasteiger partial charge on any atom is 0.311 e. The summed E-state index contributed by atoms with van der Waals surface area (Å²) in [5, 5.41) is 11.4. The zero-order valence-electron chi connectivity index (χ0n) is 11.9. The van der Waals surface area contributed by atoms with Gasteiger partial charge in [-0.05, 0) is 25.9 Å². The van der Waals surface area contributed by atoms with Gasteiger partial charge in [0.15, 0.2) is 5.75 Å². The normalized spacial score (nSPS) is 15.3. The number of nitrogens with zero attached hydrogens (tertiary/aromatic N) is 3. The van der Waals surface area contributed by atoms with Crippen molar-refractivity contribution in [3.63, 3.8) is 0 Å². The molecule has 8 heteroatoms. The van der Waals surface area contributed by atoms with Crippen LogP contribution in [0, 0.1) is 10.1 Å². The predicted octanol–water partition coefficient (Wildman–Crippen LogP) is 1.31. The molecule has 3 rings (SSSR count). The molecule has 1 saturated heterocycles. The van der Waals surface area contributed by atoms with E-state index < -0.39 is 10.5 Å². The number of aromatic amines is 1. The van der Waals surface area contributed by atoms with Crippen LogP contribution in [-0.4, -0.2) is 46.0 Å². The molecular formula is C14H16N4O4. The van der Waals surface area contributed by atoms with Gasteiger partial charge in [0.2, 0.25) is 0 Å². The fourth-order valence-electron chi connectivity index (χ4n) is 2.63. The maximum atomic E-state index is 11.7. The van der Waals surface area contributed by atoms with Gasteiger partial charge in [0.1, 0.15) is 6.61 Å². The molecule has 1 fully saturated rings. The first-order valence-corrected chi connectivity index (χ1v) is 7.16. The Morgan fingerprint density at radius 2 is 2.14 bits per heavy atom. The van der Waals surface area contributed by atoms with E-state index in [1.165, 1.54) is 31.3 Å². The van der Waals surface area contributed by atoms with E-state index in [1.54, 1.807) is 0 Å². The Hall–Kier alpha value is -2.48. The molecule has 2 heterocycles. The van der Waals surface area contributed by atoms with Gasteiger partial charge in [0.25, 0.3) is 5.56 Å². The number of hydrogen-bond donors (Lipinski definition) is 1. The van der Waals surface area contributed by atoms with Crippen LogP contribution >= 0.6 is 0 Å². The van der Waals surface area contributed by atoms with E-state index in [2.05, 4.69) is 14.9 Å². The Kier molecular flexibility index (Phi) is 4.01. The van der Waals surface area contributed by atoms with Crippen LogP contribution in [0.5, 0.6) is 5.75 Å². The second-order valence-corrected chi connectivity index (χ2v) is 5.22. The van der Waals surface area contributed by atoms with Crippen molar-refractivity contribution in [2.45, 2.75) is 12.8 Å². The molecule has 0 radical (unpaired) electrons. The third-order valence-electron chi connectivity index (χ3n) is 3.78. The summed E-state index contributed by atoms with van der Waals surface area (Å²) in [4.78, 5) is 31.0. The predicted molar refractivity (Wildman–Crippen MR) is 80.2 cm³/mol. The Bertz CT molecular complexity index is 752. The monoisotopic (exact) mass is 304 g/mol. The van der Waals surface area contributed by atoms with Crippen molar-refractivity contribution >= 4 is 16.6 Å². The van der Waals surface area contributed by atoms with E-state index in [0.29, 0.717) is 12.1 Å². The van der Waals surface area contributed by atoms with E-state index in [0.717, 1.165) is 19.6 Å². The summed E-state index contributed by atoms with van der Waals surface area (Å²) >= 11 is 0. The number of nitrogens with one attached hydrogen (secondary N) is 1. The van der Waals surface area contributed by atoms with Crippen LogP contribution in [-0.2, 0) is 0 Å². The highest BCUT2D eigenvalue weighted by molar-refractivity contribution is 5.82. The van der Waals surface area contributed by atoms with Crippen molar-refractivity contribution in [2.24, 2.45) is 0 Å². The fourth-order valence-corrected chi connectivity index (χ4v) is 2.63. The van der Waals surface area contributed by atoms with E-state index in [9.17, 15) is 14.9 Å². The number of fused-ring (bicyclic) bond motifs is 1. The van der Waals surface area contributed by atoms with Crippen LogP contribution < -0.4 is 10.3 Å². The number of nitro benzene ring substituents is 1. The van der Waals surface area contributed by atoms with Crippen LogP contribution in [0.15, 0.2) is 23.3 Å². The zero-order chi connectivity index (χ0) is 15.5. The third kappa shape index (κ3) is 2.91. The van der Waals surface area contributed by atoms with Crippen molar-refractivity contribution in [3.05, 3.63) is 38.9 Å². The van der Waals surface area contributed by atoms with Crippen LogP contribution in [0.1, 0.15) is 12.8 Å². The maximum absolute atomic E-state index is 11.7. The Balaban J connectivity index is 1.84. The summed E-state index contributed by atoms with van der Waals surface area (Å²) in [7, 11) is 0. The molecule has 0 bridgehead atoms. The van der Waals surface area contributed by atoms with Gasteiger partial charge in [-0.3, -0.25) is 19.8 Å². The second-order valence-electron chi connectivity index (χ2n) is 5.22. The first-order chi connectivity index (χ1) is 10.6. The summed E-state index contributed by atoms with van der Waals surface area (Å²) < 4.78 is 5.57. The van der Waals surface area contributed by atoms with Gasteiger partial charge < -0.3 is 9.72 Å². The number of rotatable bonds is 5. The first-order valence-electron chi connectivity index (χ1n) is 7.16. The molecule has 116 valence electrons. The molecule has 0 atom stereocenters. The van der Waals surface area contributed by atoms with E-state index in [1.807, 2.05) is 0 Å². The number of likely N-dealkylation sites (tertiary alicyclic amines) is 1. The molecule has 1 aromatic carbocycles. The van der Waals surface area contributed by atoms with Crippen molar-refractivity contribution in [3.8, 4) is 5.75 Å². The lowest BCUT2D eigenvalue weighted by atomic mass is 10.2. The lowest BCUT2D eigenvalue weighted by Crippen LogP contribution is -2.25. The molecule has 2 aromatic rings. The number of nitro groups is 1. The number of ether oxygens (including phenoxy) is 1. The molecule has 8 nitrogen and oxygen atoms in total. The number of hydrogen-bond acceptors (Lipinski definition) is 6. The topological polar surface area (TPSA) is 101 Å². The molecule has 0 saturated carbocycles. The molecule has 22 heavy (non-hydrogen) atoms. The molecule has 1 aromatic heterocycles. The minimum absolute atomic E-state index is 0.148. The molecule has 0 aliphatic carbocycles. The first kappa shape index (κ1) is 14.5. The molecule has 0 unspecified atom stereocenters. The van der Waals surface area contributed by atoms with Gasteiger partial charge in [-0.1, -0.05) is 0 Å². The van der Waals surface area contributed by atoms with Gasteiger partial charge in [-0.15, -0.1) is 0 Å². The van der Waals surface area contributed by atoms with Crippen LogP contribution in [0.4, 0.5) is 5.69 Å². The van der Waals surface area contributed by atoms with Crippen molar-refractivity contribution < 1.29 is 9.66 Å². The standard InChI is InChI=1S/C14H16N4O4/c19-14-10-7-12(18(20)21)13(8-11(10)15-9-16-14)22-6-5-17-3-1-2-4-17/h7-9H,1-6H2,(H,15,16,19). The zero-order valence-corrected chi connectivity index (χ0v) is 11.9. The van der Waals surface area contributed by atoms with E-state index in [-0.39, 0.29) is 16.8 Å². The SMILES string of the molecule is O=c1[nH]cnc2cc(OCCN3CCCC3)c([N+](=O)[O-])cc12. The van der Waals surface area contributed by atoms with E-state index in [4.69, 9.17) is 4.74 Å². The average molecular weight is 304 g/mol. The largest absolute Gasteiger partial charge is 0.485 e. The highest BCUT2D eigenvalue weighted by Gasteiger charge is 2.19. The highest BCUT2D eigenvalue weighted by atomic mass is 16.6. The molecule has 1 N–H and O–H groups in total. The highest BCUT2D eigenvalue weighted by Crippen LogP contribution is 2.30.